The lowest BCUT2D eigenvalue weighted by molar-refractivity contribution is -0.139. The minimum Gasteiger partial charge on any atom is -0.465 e. The molecule has 2 rings (SSSR count). The van der Waals surface area contributed by atoms with Crippen LogP contribution in [0.15, 0.2) is 10.5 Å². The van der Waals surface area contributed by atoms with Crippen molar-refractivity contribution < 1.29 is 9.53 Å². The molecule has 0 amide bonds. The molecule has 0 aliphatic rings. The first-order valence-electron chi connectivity index (χ1n) is 4.80. The molecule has 7 heteroatoms. The SMILES string of the molecule is CCOC(=O)CSc1nn2cc(C)nc2s1. The van der Waals surface area contributed by atoms with Crippen LogP contribution in [0.1, 0.15) is 12.6 Å². The largest absolute Gasteiger partial charge is 0.465 e. The van der Waals surface area contributed by atoms with E-state index in [1.54, 1.807) is 11.4 Å². The summed E-state index contributed by atoms with van der Waals surface area (Å²) in [5.74, 6) is 0.0836. The molecule has 0 radical (unpaired) electrons. The second-order valence-electron chi connectivity index (χ2n) is 3.07. The summed E-state index contributed by atoms with van der Waals surface area (Å²) < 4.78 is 7.39. The predicted octanol–water partition coefficient (Wildman–Crippen LogP) is 1.75. The molecule has 0 fully saturated rings. The first-order valence-corrected chi connectivity index (χ1v) is 6.60. The molecule has 2 aromatic heterocycles. The van der Waals surface area contributed by atoms with Crippen LogP contribution < -0.4 is 0 Å². The number of carbonyl (C=O) groups is 1. The van der Waals surface area contributed by atoms with E-state index in [-0.39, 0.29) is 5.97 Å². The second kappa shape index (κ2) is 4.84. The Kier molecular flexibility index (Phi) is 3.45. The summed E-state index contributed by atoms with van der Waals surface area (Å²) in [7, 11) is 0. The van der Waals surface area contributed by atoms with E-state index in [1.807, 2.05) is 13.1 Å². The van der Waals surface area contributed by atoms with Gasteiger partial charge in [0.2, 0.25) is 4.96 Å². The Bertz CT molecular complexity index is 474. The number of aromatic nitrogens is 3. The van der Waals surface area contributed by atoms with Gasteiger partial charge < -0.3 is 4.74 Å². The third kappa shape index (κ3) is 2.53. The molecule has 0 aromatic carbocycles. The van der Waals surface area contributed by atoms with Crippen molar-refractivity contribution >= 4 is 34.0 Å². The predicted molar refractivity (Wildman–Crippen MR) is 63.0 cm³/mol. The summed E-state index contributed by atoms with van der Waals surface area (Å²) in [4.78, 5) is 16.3. The third-order valence-corrected chi connectivity index (χ3v) is 3.79. The molecule has 0 atom stereocenters. The van der Waals surface area contributed by atoms with Crippen molar-refractivity contribution in [3.63, 3.8) is 0 Å². The highest BCUT2D eigenvalue weighted by Gasteiger charge is 2.09. The molecule has 0 bridgehead atoms. The molecule has 2 heterocycles. The molecule has 16 heavy (non-hydrogen) atoms. The van der Waals surface area contributed by atoms with Gasteiger partial charge in [-0.2, -0.15) is 0 Å². The van der Waals surface area contributed by atoms with Gasteiger partial charge in [-0.3, -0.25) is 4.79 Å². The van der Waals surface area contributed by atoms with Crippen LogP contribution in [-0.2, 0) is 9.53 Å². The number of rotatable bonds is 4. The molecule has 0 saturated carbocycles. The maximum Gasteiger partial charge on any atom is 0.316 e. The van der Waals surface area contributed by atoms with Crippen molar-refractivity contribution in [1.82, 2.24) is 14.6 Å². The quantitative estimate of drug-likeness (QED) is 0.617. The Morgan fingerprint density at radius 1 is 1.69 bits per heavy atom. The zero-order chi connectivity index (χ0) is 11.5. The summed E-state index contributed by atoms with van der Waals surface area (Å²) >= 11 is 2.85. The minimum atomic E-state index is -0.212. The van der Waals surface area contributed by atoms with Gasteiger partial charge in [-0.1, -0.05) is 23.1 Å². The number of ether oxygens (including phenoxy) is 1. The Balaban J connectivity index is 1.99. The molecule has 0 saturated heterocycles. The summed E-state index contributed by atoms with van der Waals surface area (Å²) in [6.07, 6.45) is 1.86. The maximum absolute atomic E-state index is 11.1. The average Bonchev–Trinajstić information content (AvgIpc) is 2.71. The number of aryl methyl sites for hydroxylation is 1. The fourth-order valence-corrected chi connectivity index (χ4v) is 2.94. The number of hydrogen-bond donors (Lipinski definition) is 0. The standard InChI is InChI=1S/C9H11N3O2S2/c1-3-14-7(13)5-15-9-11-12-4-6(2)10-8(12)16-9/h4H,3,5H2,1-2H3. The van der Waals surface area contributed by atoms with Crippen LogP contribution in [0, 0.1) is 6.92 Å². The summed E-state index contributed by atoms with van der Waals surface area (Å²) in [5, 5.41) is 4.29. The molecule has 2 aromatic rings. The molecule has 0 unspecified atom stereocenters. The van der Waals surface area contributed by atoms with E-state index in [9.17, 15) is 4.79 Å². The van der Waals surface area contributed by atoms with Gasteiger partial charge in [0.05, 0.1) is 24.3 Å². The highest BCUT2D eigenvalue weighted by Crippen LogP contribution is 2.24. The highest BCUT2D eigenvalue weighted by atomic mass is 32.2. The second-order valence-corrected chi connectivity index (χ2v) is 5.25. The number of imidazole rings is 1. The van der Waals surface area contributed by atoms with Crippen molar-refractivity contribution in [2.45, 2.75) is 18.2 Å². The van der Waals surface area contributed by atoms with E-state index in [1.165, 1.54) is 23.1 Å². The lowest BCUT2D eigenvalue weighted by Gasteiger charge is -1.98. The van der Waals surface area contributed by atoms with Crippen LogP contribution in [0.2, 0.25) is 0 Å². The summed E-state index contributed by atoms with van der Waals surface area (Å²) in [5.41, 5.74) is 0.945. The summed E-state index contributed by atoms with van der Waals surface area (Å²) in [6.45, 7) is 4.13. The normalized spacial score (nSPS) is 10.9. The van der Waals surface area contributed by atoms with Crippen molar-refractivity contribution in [2.75, 3.05) is 12.4 Å². The van der Waals surface area contributed by atoms with Crippen LogP contribution in [0.4, 0.5) is 0 Å². The highest BCUT2D eigenvalue weighted by molar-refractivity contribution is 8.01. The molecule has 5 nitrogen and oxygen atoms in total. The molecule has 0 aliphatic heterocycles. The van der Waals surface area contributed by atoms with Crippen LogP contribution in [0.25, 0.3) is 4.96 Å². The Labute approximate surface area is 101 Å². The monoisotopic (exact) mass is 257 g/mol. The average molecular weight is 257 g/mol. The molecule has 0 spiro atoms. The van der Waals surface area contributed by atoms with Gasteiger partial charge in [-0.05, 0) is 13.8 Å². The molecule has 0 aliphatic carbocycles. The Morgan fingerprint density at radius 3 is 3.19 bits per heavy atom. The fraction of sp³-hybridized carbons (Fsp3) is 0.444. The van der Waals surface area contributed by atoms with Crippen LogP contribution in [0.3, 0.4) is 0 Å². The third-order valence-electron chi connectivity index (χ3n) is 1.76. The number of nitrogens with zero attached hydrogens (tertiary/aromatic N) is 3. The first-order chi connectivity index (χ1) is 7.69. The van der Waals surface area contributed by atoms with Gasteiger partial charge in [0.1, 0.15) is 0 Å². The van der Waals surface area contributed by atoms with Crippen molar-refractivity contribution in [3.05, 3.63) is 11.9 Å². The van der Waals surface area contributed by atoms with E-state index in [0.29, 0.717) is 12.4 Å². The van der Waals surface area contributed by atoms with E-state index in [0.717, 1.165) is 15.0 Å². The van der Waals surface area contributed by atoms with Crippen LogP contribution in [0.5, 0.6) is 0 Å². The number of fused-ring (bicyclic) bond motifs is 1. The summed E-state index contributed by atoms with van der Waals surface area (Å²) in [6, 6.07) is 0. The van der Waals surface area contributed by atoms with Crippen molar-refractivity contribution in [2.24, 2.45) is 0 Å². The maximum atomic E-state index is 11.1. The topological polar surface area (TPSA) is 56.5 Å². The Hall–Kier alpha value is -1.08. The van der Waals surface area contributed by atoms with Gasteiger partial charge in [0.15, 0.2) is 4.34 Å². The van der Waals surface area contributed by atoms with Gasteiger partial charge in [-0.25, -0.2) is 9.50 Å². The number of thioether (sulfide) groups is 1. The van der Waals surface area contributed by atoms with Gasteiger partial charge >= 0.3 is 5.97 Å². The van der Waals surface area contributed by atoms with E-state index in [4.69, 9.17) is 4.74 Å². The van der Waals surface area contributed by atoms with Crippen molar-refractivity contribution in [1.29, 1.82) is 0 Å². The van der Waals surface area contributed by atoms with Gasteiger partial charge in [0, 0.05) is 0 Å². The molecule has 0 N–H and O–H groups in total. The number of carbonyl (C=O) groups excluding carboxylic acids is 1. The number of esters is 1. The fourth-order valence-electron chi connectivity index (χ4n) is 1.17. The molecular formula is C9H11N3O2S2. The van der Waals surface area contributed by atoms with Crippen LogP contribution in [-0.4, -0.2) is 32.9 Å². The zero-order valence-corrected chi connectivity index (χ0v) is 10.6. The van der Waals surface area contributed by atoms with E-state index >= 15 is 0 Å². The van der Waals surface area contributed by atoms with Gasteiger partial charge in [-0.15, -0.1) is 5.10 Å². The first kappa shape index (κ1) is 11.4. The Morgan fingerprint density at radius 2 is 2.50 bits per heavy atom. The molecular weight excluding hydrogens is 246 g/mol. The van der Waals surface area contributed by atoms with Gasteiger partial charge in [0.25, 0.3) is 0 Å². The van der Waals surface area contributed by atoms with E-state index in [2.05, 4.69) is 10.1 Å². The number of hydrogen-bond acceptors (Lipinski definition) is 6. The zero-order valence-electron chi connectivity index (χ0n) is 8.97. The van der Waals surface area contributed by atoms with Crippen molar-refractivity contribution in [3.8, 4) is 0 Å². The van der Waals surface area contributed by atoms with E-state index < -0.39 is 0 Å². The minimum absolute atomic E-state index is 0.212. The van der Waals surface area contributed by atoms with Crippen LogP contribution >= 0.6 is 23.1 Å². The smallest absolute Gasteiger partial charge is 0.316 e. The lowest BCUT2D eigenvalue weighted by atomic mass is 10.6. The molecule has 86 valence electrons. The lowest BCUT2D eigenvalue weighted by Crippen LogP contribution is -2.06.